The number of carbonyl (C=O) groups excluding carboxylic acids is 1. The molecule has 0 radical (unpaired) electrons. The van der Waals surface area contributed by atoms with E-state index in [1.807, 2.05) is 20.8 Å². The van der Waals surface area contributed by atoms with Gasteiger partial charge in [0.1, 0.15) is 5.60 Å². The number of ether oxygens (including phenoxy) is 1. The number of guanidine groups is 1. The SMILES string of the molecule is CCN1CCCC1CN=C(N)NCCN(C(=O)OC(C)(C)C)C1CC1. The normalized spacial score (nSPS) is 22.1. The van der Waals surface area contributed by atoms with E-state index in [2.05, 4.69) is 22.1 Å². The average Bonchev–Trinajstić information content (AvgIpc) is 3.25. The molecule has 0 aromatic carbocycles. The molecule has 1 saturated heterocycles. The van der Waals surface area contributed by atoms with Crippen molar-refractivity contribution < 1.29 is 9.53 Å². The van der Waals surface area contributed by atoms with Crippen LogP contribution in [0.5, 0.6) is 0 Å². The lowest BCUT2D eigenvalue weighted by Gasteiger charge is -2.27. The van der Waals surface area contributed by atoms with Gasteiger partial charge in [0.15, 0.2) is 5.96 Å². The van der Waals surface area contributed by atoms with E-state index in [-0.39, 0.29) is 6.09 Å². The zero-order chi connectivity index (χ0) is 18.4. The van der Waals surface area contributed by atoms with Crippen molar-refractivity contribution in [2.24, 2.45) is 10.7 Å². The summed E-state index contributed by atoms with van der Waals surface area (Å²) >= 11 is 0. The quantitative estimate of drug-likeness (QED) is 0.538. The molecule has 1 aliphatic carbocycles. The Hall–Kier alpha value is -1.50. The van der Waals surface area contributed by atoms with Crippen LogP contribution in [-0.2, 0) is 4.74 Å². The number of aliphatic imine (C=N–C) groups is 1. The summed E-state index contributed by atoms with van der Waals surface area (Å²) < 4.78 is 5.49. The third kappa shape index (κ3) is 6.72. The van der Waals surface area contributed by atoms with Crippen LogP contribution in [0.1, 0.15) is 53.4 Å². The lowest BCUT2D eigenvalue weighted by Crippen LogP contribution is -2.44. The lowest BCUT2D eigenvalue weighted by atomic mass is 10.2. The van der Waals surface area contributed by atoms with Gasteiger partial charge in [-0.25, -0.2) is 4.79 Å². The highest BCUT2D eigenvalue weighted by molar-refractivity contribution is 5.77. The number of likely N-dealkylation sites (tertiary alicyclic amines) is 1. The molecule has 0 spiro atoms. The largest absolute Gasteiger partial charge is 0.444 e. The van der Waals surface area contributed by atoms with Crippen molar-refractivity contribution in [3.8, 4) is 0 Å². The minimum atomic E-state index is -0.468. The first kappa shape index (κ1) is 19.8. The number of amides is 1. The summed E-state index contributed by atoms with van der Waals surface area (Å²) in [6.07, 6.45) is 4.30. The summed E-state index contributed by atoms with van der Waals surface area (Å²) in [6.45, 7) is 12.0. The Morgan fingerprint density at radius 1 is 1.36 bits per heavy atom. The van der Waals surface area contributed by atoms with Crippen LogP contribution in [-0.4, -0.2) is 72.3 Å². The number of nitrogens with zero attached hydrogens (tertiary/aromatic N) is 3. The number of nitrogens with two attached hydrogens (primary N) is 1. The van der Waals surface area contributed by atoms with Gasteiger partial charge in [0.2, 0.25) is 0 Å². The molecule has 7 nitrogen and oxygen atoms in total. The van der Waals surface area contributed by atoms with Crippen LogP contribution in [0.15, 0.2) is 4.99 Å². The van der Waals surface area contributed by atoms with Gasteiger partial charge < -0.3 is 20.7 Å². The molecule has 1 amide bonds. The summed E-state index contributed by atoms with van der Waals surface area (Å²) in [5.74, 6) is 0.461. The molecule has 7 heteroatoms. The van der Waals surface area contributed by atoms with E-state index in [1.54, 1.807) is 4.90 Å². The molecule has 1 heterocycles. The maximum atomic E-state index is 12.3. The van der Waals surface area contributed by atoms with Gasteiger partial charge in [0.25, 0.3) is 0 Å². The van der Waals surface area contributed by atoms with Crippen LogP contribution in [0.25, 0.3) is 0 Å². The number of hydrogen-bond donors (Lipinski definition) is 2. The zero-order valence-electron chi connectivity index (χ0n) is 16.3. The highest BCUT2D eigenvalue weighted by Gasteiger charge is 2.34. The number of rotatable bonds is 7. The van der Waals surface area contributed by atoms with Crippen molar-refractivity contribution in [2.75, 3.05) is 32.7 Å². The second kappa shape index (κ2) is 8.74. The summed E-state index contributed by atoms with van der Waals surface area (Å²) in [5, 5.41) is 3.13. The average molecular weight is 354 g/mol. The molecule has 0 bridgehead atoms. The fourth-order valence-electron chi connectivity index (χ4n) is 3.21. The first-order chi connectivity index (χ1) is 11.8. The van der Waals surface area contributed by atoms with E-state index in [4.69, 9.17) is 10.5 Å². The molecule has 144 valence electrons. The molecule has 0 aromatic heterocycles. The Bertz CT molecular complexity index is 471. The van der Waals surface area contributed by atoms with Gasteiger partial charge in [-0.3, -0.25) is 9.89 Å². The van der Waals surface area contributed by atoms with Crippen LogP contribution < -0.4 is 11.1 Å². The molecular formula is C18H35N5O2. The third-order valence-electron chi connectivity index (χ3n) is 4.65. The predicted octanol–water partition coefficient (Wildman–Crippen LogP) is 1.77. The molecule has 2 aliphatic rings. The Balaban J connectivity index is 1.73. The minimum Gasteiger partial charge on any atom is -0.444 e. The Morgan fingerprint density at radius 2 is 2.08 bits per heavy atom. The van der Waals surface area contributed by atoms with Crippen molar-refractivity contribution >= 4 is 12.1 Å². The van der Waals surface area contributed by atoms with E-state index in [0.29, 0.717) is 31.1 Å². The van der Waals surface area contributed by atoms with E-state index >= 15 is 0 Å². The summed E-state index contributed by atoms with van der Waals surface area (Å²) in [5.41, 5.74) is 5.51. The van der Waals surface area contributed by atoms with E-state index < -0.39 is 5.60 Å². The number of carbonyl (C=O) groups is 1. The van der Waals surface area contributed by atoms with Gasteiger partial charge in [-0.05, 0) is 59.5 Å². The van der Waals surface area contributed by atoms with Gasteiger partial charge in [0.05, 0.1) is 6.54 Å². The van der Waals surface area contributed by atoms with Crippen LogP contribution in [0.4, 0.5) is 4.79 Å². The molecule has 0 aromatic rings. The Labute approximate surface area is 152 Å². The molecule has 2 rings (SSSR count). The van der Waals surface area contributed by atoms with Gasteiger partial charge in [-0.2, -0.15) is 0 Å². The van der Waals surface area contributed by atoms with E-state index in [9.17, 15) is 4.79 Å². The van der Waals surface area contributed by atoms with Gasteiger partial charge >= 0.3 is 6.09 Å². The highest BCUT2D eigenvalue weighted by atomic mass is 16.6. The van der Waals surface area contributed by atoms with Crippen molar-refractivity contribution in [2.45, 2.75) is 71.1 Å². The van der Waals surface area contributed by atoms with Gasteiger partial charge in [-0.1, -0.05) is 6.92 Å². The van der Waals surface area contributed by atoms with Crippen LogP contribution in [0, 0.1) is 0 Å². The number of likely N-dealkylation sites (N-methyl/N-ethyl adjacent to an activating group) is 1. The van der Waals surface area contributed by atoms with Crippen molar-refractivity contribution in [3.05, 3.63) is 0 Å². The van der Waals surface area contributed by atoms with Crippen LogP contribution in [0.2, 0.25) is 0 Å². The molecule has 1 saturated carbocycles. The van der Waals surface area contributed by atoms with Crippen LogP contribution >= 0.6 is 0 Å². The zero-order valence-corrected chi connectivity index (χ0v) is 16.3. The summed E-state index contributed by atoms with van der Waals surface area (Å²) in [6, 6.07) is 0.821. The third-order valence-corrected chi connectivity index (χ3v) is 4.65. The van der Waals surface area contributed by atoms with Crippen molar-refractivity contribution in [3.63, 3.8) is 0 Å². The molecule has 25 heavy (non-hydrogen) atoms. The van der Waals surface area contributed by atoms with Crippen LogP contribution in [0.3, 0.4) is 0 Å². The minimum absolute atomic E-state index is 0.239. The number of nitrogens with one attached hydrogen (secondary N) is 1. The van der Waals surface area contributed by atoms with E-state index in [1.165, 1.54) is 12.8 Å². The van der Waals surface area contributed by atoms with Gasteiger partial charge in [-0.15, -0.1) is 0 Å². The second-order valence-electron chi connectivity index (χ2n) is 7.98. The molecule has 1 unspecified atom stereocenters. The maximum Gasteiger partial charge on any atom is 0.410 e. The molecule has 3 N–H and O–H groups in total. The molecule has 2 fully saturated rings. The fraction of sp³-hybridized carbons (Fsp3) is 0.889. The number of hydrogen-bond acceptors (Lipinski definition) is 4. The Kier molecular flexibility index (Phi) is 6.93. The monoisotopic (exact) mass is 353 g/mol. The highest BCUT2D eigenvalue weighted by Crippen LogP contribution is 2.28. The van der Waals surface area contributed by atoms with Gasteiger partial charge in [0, 0.05) is 25.2 Å². The predicted molar refractivity (Wildman–Crippen MR) is 101 cm³/mol. The first-order valence-electron chi connectivity index (χ1n) is 9.57. The fourth-order valence-corrected chi connectivity index (χ4v) is 3.21. The van der Waals surface area contributed by atoms with Crippen molar-refractivity contribution in [1.82, 2.24) is 15.1 Å². The summed E-state index contributed by atoms with van der Waals surface area (Å²) in [4.78, 5) is 21.0. The second-order valence-corrected chi connectivity index (χ2v) is 7.98. The molecule has 1 aliphatic heterocycles. The lowest BCUT2D eigenvalue weighted by molar-refractivity contribution is 0.0238. The molecular weight excluding hydrogens is 318 g/mol. The smallest absolute Gasteiger partial charge is 0.410 e. The topological polar surface area (TPSA) is 83.2 Å². The summed E-state index contributed by atoms with van der Waals surface area (Å²) in [7, 11) is 0. The molecule has 1 atom stereocenters. The maximum absolute atomic E-state index is 12.3. The Morgan fingerprint density at radius 3 is 2.68 bits per heavy atom. The van der Waals surface area contributed by atoms with E-state index in [0.717, 1.165) is 32.5 Å². The van der Waals surface area contributed by atoms with Crippen molar-refractivity contribution in [1.29, 1.82) is 0 Å². The first-order valence-corrected chi connectivity index (χ1v) is 9.57. The standard InChI is InChI=1S/C18H35N5O2/c1-5-22-11-6-7-15(22)13-21-16(19)20-10-12-23(14-8-9-14)17(24)25-18(2,3)4/h14-15H,5-13H2,1-4H3,(H3,19,20,21).